The molecule has 2 bridgehead atoms. The highest BCUT2D eigenvalue weighted by atomic mass is 32.2. The number of likely N-dealkylation sites (tertiary alicyclic amines) is 1. The van der Waals surface area contributed by atoms with Crippen molar-refractivity contribution in [2.75, 3.05) is 6.61 Å². The molecule has 13 heteroatoms. The molecule has 0 radical (unpaired) electrons. The van der Waals surface area contributed by atoms with Gasteiger partial charge in [0, 0.05) is 10.8 Å². The van der Waals surface area contributed by atoms with Crippen LogP contribution >= 0.6 is 11.8 Å². The van der Waals surface area contributed by atoms with E-state index in [1.54, 1.807) is 39.5 Å². The predicted octanol–water partition coefficient (Wildman–Crippen LogP) is 1.32. The fourth-order valence-electron chi connectivity index (χ4n) is 4.40. The number of rotatable bonds is 6. The smallest absolute Gasteiger partial charge is 0.402 e. The van der Waals surface area contributed by atoms with Gasteiger partial charge in [0.2, 0.25) is 5.91 Å². The number of hydrogen-bond acceptors (Lipinski definition) is 8. The van der Waals surface area contributed by atoms with Crippen molar-refractivity contribution in [1.82, 2.24) is 4.90 Å². The molecule has 0 saturated carbocycles. The summed E-state index contributed by atoms with van der Waals surface area (Å²) >= 11 is 1.28. The van der Waals surface area contributed by atoms with E-state index in [0.29, 0.717) is 0 Å². The normalized spacial score (nSPS) is 32.7. The second kappa shape index (κ2) is 7.55. The first-order chi connectivity index (χ1) is 14.0. The first-order valence-corrected chi connectivity index (χ1v) is 12.1. The zero-order valence-corrected chi connectivity index (χ0v) is 19.2. The molecule has 3 rings (SSSR count). The Bertz CT molecular complexity index is 901. The Labute approximate surface area is 182 Å². The van der Waals surface area contributed by atoms with Crippen LogP contribution in [0.4, 0.5) is 8.78 Å². The van der Waals surface area contributed by atoms with Crippen LogP contribution in [-0.2, 0) is 34.0 Å². The largest absolute Gasteiger partial charge is 0.459 e. The van der Waals surface area contributed by atoms with Gasteiger partial charge < -0.3 is 14.4 Å². The van der Waals surface area contributed by atoms with Gasteiger partial charge in [0.25, 0.3) is 0 Å². The molecule has 1 amide bonds. The van der Waals surface area contributed by atoms with Crippen LogP contribution in [0.5, 0.6) is 0 Å². The highest BCUT2D eigenvalue weighted by molar-refractivity contribution is 8.01. The second-order valence-electron chi connectivity index (χ2n) is 9.26. The van der Waals surface area contributed by atoms with Gasteiger partial charge in [-0.3, -0.25) is 18.9 Å². The van der Waals surface area contributed by atoms with E-state index in [4.69, 9.17) is 9.29 Å². The molecule has 6 atom stereocenters. The molecule has 3 fully saturated rings. The minimum absolute atomic E-state index is 0.371. The SMILES string of the molecule is CC(C)C(=O)OC1C2SC3C(C(=O)N(C(C)(C)C)C13)C2C(=O)OCC(F)(F)S(=O)(=O)O. The summed E-state index contributed by atoms with van der Waals surface area (Å²) in [6.07, 6.45) is -0.841. The number of halogens is 2. The molecular weight excluding hydrogens is 460 g/mol. The van der Waals surface area contributed by atoms with E-state index in [2.05, 4.69) is 4.74 Å². The Hall–Kier alpha value is -1.47. The average molecular weight is 486 g/mol. The van der Waals surface area contributed by atoms with Gasteiger partial charge in [-0.25, -0.2) is 0 Å². The van der Waals surface area contributed by atoms with E-state index in [0.717, 1.165) is 0 Å². The molecule has 9 nitrogen and oxygen atoms in total. The van der Waals surface area contributed by atoms with Crippen LogP contribution < -0.4 is 0 Å². The first kappa shape index (κ1) is 24.2. The number of nitrogens with zero attached hydrogens (tertiary/aromatic N) is 1. The van der Waals surface area contributed by atoms with E-state index in [1.165, 1.54) is 11.8 Å². The minimum atomic E-state index is -5.78. The monoisotopic (exact) mass is 485 g/mol. The fourth-order valence-corrected chi connectivity index (χ4v) is 6.69. The summed E-state index contributed by atoms with van der Waals surface area (Å²) < 4.78 is 67.4. The number of alkyl halides is 2. The van der Waals surface area contributed by atoms with Crippen molar-refractivity contribution in [3.63, 3.8) is 0 Å². The fraction of sp³-hybridized carbons (Fsp3) is 0.833. The average Bonchev–Trinajstić information content (AvgIpc) is 3.20. The molecule has 3 aliphatic rings. The van der Waals surface area contributed by atoms with Crippen LogP contribution in [-0.4, -0.2) is 75.8 Å². The van der Waals surface area contributed by atoms with Crippen molar-refractivity contribution in [1.29, 1.82) is 0 Å². The standard InChI is InChI=1S/C18H25F2NO8S2/c1-7(2)15(23)29-11-10-12-8(14(22)21(10)17(3,4)5)9(13(11)30-12)16(24)28-6-18(19,20)31(25,26)27/h7-13H,6H2,1-5H3,(H,25,26,27). The summed E-state index contributed by atoms with van der Waals surface area (Å²) in [7, 11) is -5.78. The molecule has 0 aromatic heterocycles. The van der Waals surface area contributed by atoms with Crippen LogP contribution in [0, 0.1) is 17.8 Å². The maximum atomic E-state index is 13.5. The van der Waals surface area contributed by atoms with Crippen molar-refractivity contribution >= 4 is 39.7 Å². The van der Waals surface area contributed by atoms with Crippen LogP contribution in [0.25, 0.3) is 0 Å². The third kappa shape index (κ3) is 3.92. The highest BCUT2D eigenvalue weighted by Gasteiger charge is 2.73. The highest BCUT2D eigenvalue weighted by Crippen LogP contribution is 2.61. The zero-order valence-electron chi connectivity index (χ0n) is 17.6. The summed E-state index contributed by atoms with van der Waals surface area (Å²) in [4.78, 5) is 39.8. The van der Waals surface area contributed by atoms with Crippen molar-refractivity contribution < 1.29 is 45.6 Å². The van der Waals surface area contributed by atoms with E-state index in [9.17, 15) is 31.6 Å². The summed E-state index contributed by atoms with van der Waals surface area (Å²) in [6, 6.07) is -0.474. The number of esters is 2. The van der Waals surface area contributed by atoms with Gasteiger partial charge in [0.05, 0.1) is 29.0 Å². The lowest BCUT2D eigenvalue weighted by molar-refractivity contribution is -0.164. The van der Waals surface area contributed by atoms with Crippen LogP contribution in [0.2, 0.25) is 0 Å². The molecule has 3 aliphatic heterocycles. The number of fused-ring (bicyclic) bond motifs is 1. The number of hydrogen-bond donors (Lipinski definition) is 1. The Morgan fingerprint density at radius 3 is 2.29 bits per heavy atom. The van der Waals surface area contributed by atoms with E-state index < -0.39 is 79.9 Å². The Kier molecular flexibility index (Phi) is 5.89. The zero-order chi connectivity index (χ0) is 23.7. The van der Waals surface area contributed by atoms with Crippen molar-refractivity contribution in [2.45, 2.75) is 68.1 Å². The maximum absolute atomic E-state index is 13.5. The van der Waals surface area contributed by atoms with E-state index >= 15 is 0 Å². The predicted molar refractivity (Wildman–Crippen MR) is 105 cm³/mol. The molecule has 0 aliphatic carbocycles. The summed E-state index contributed by atoms with van der Waals surface area (Å²) in [5.41, 5.74) is -0.649. The number of thioether (sulfide) groups is 1. The molecule has 176 valence electrons. The summed E-state index contributed by atoms with van der Waals surface area (Å²) in [5.74, 6) is -4.59. The van der Waals surface area contributed by atoms with Gasteiger partial charge in [0.1, 0.15) is 6.10 Å². The third-order valence-electron chi connectivity index (χ3n) is 5.71. The molecule has 3 saturated heterocycles. The van der Waals surface area contributed by atoms with Crippen LogP contribution in [0.1, 0.15) is 34.6 Å². The lowest BCUT2D eigenvalue weighted by Gasteiger charge is -2.39. The lowest BCUT2D eigenvalue weighted by Crippen LogP contribution is -2.55. The summed E-state index contributed by atoms with van der Waals surface area (Å²) in [5, 5.41) is -5.79. The Morgan fingerprint density at radius 1 is 1.23 bits per heavy atom. The molecule has 0 spiro atoms. The maximum Gasteiger partial charge on any atom is 0.402 e. The molecule has 31 heavy (non-hydrogen) atoms. The number of ether oxygens (including phenoxy) is 2. The molecule has 6 unspecified atom stereocenters. The second-order valence-corrected chi connectivity index (χ2v) is 12.2. The van der Waals surface area contributed by atoms with Gasteiger partial charge in [0.15, 0.2) is 6.61 Å². The molecule has 0 aromatic rings. The van der Waals surface area contributed by atoms with Gasteiger partial charge in [-0.1, -0.05) is 13.8 Å². The van der Waals surface area contributed by atoms with E-state index in [-0.39, 0.29) is 5.91 Å². The van der Waals surface area contributed by atoms with E-state index in [1.807, 2.05) is 0 Å². The van der Waals surface area contributed by atoms with Crippen molar-refractivity contribution in [2.24, 2.45) is 17.8 Å². The molecule has 3 heterocycles. The van der Waals surface area contributed by atoms with Crippen LogP contribution in [0.3, 0.4) is 0 Å². The summed E-state index contributed by atoms with van der Waals surface area (Å²) in [6.45, 7) is 6.79. The Morgan fingerprint density at radius 2 is 1.81 bits per heavy atom. The minimum Gasteiger partial charge on any atom is -0.459 e. The Balaban J connectivity index is 1.90. The lowest BCUT2D eigenvalue weighted by atomic mass is 9.78. The van der Waals surface area contributed by atoms with Gasteiger partial charge in [-0.2, -0.15) is 17.2 Å². The molecule has 0 aromatic carbocycles. The molecular formula is C18H25F2NO8S2. The van der Waals surface area contributed by atoms with Gasteiger partial charge in [-0.15, -0.1) is 11.8 Å². The number of carbonyl (C=O) groups is 3. The number of amides is 1. The van der Waals surface area contributed by atoms with Gasteiger partial charge in [-0.05, 0) is 20.8 Å². The first-order valence-electron chi connectivity index (χ1n) is 9.69. The quantitative estimate of drug-likeness (QED) is 0.438. The topological polar surface area (TPSA) is 127 Å². The van der Waals surface area contributed by atoms with Crippen molar-refractivity contribution in [3.8, 4) is 0 Å². The van der Waals surface area contributed by atoms with Crippen LogP contribution in [0.15, 0.2) is 0 Å². The van der Waals surface area contributed by atoms with Gasteiger partial charge >= 0.3 is 27.3 Å². The third-order valence-corrected chi connectivity index (χ3v) is 8.34. The molecule has 1 N–H and O–H groups in total. The van der Waals surface area contributed by atoms with Crippen molar-refractivity contribution in [3.05, 3.63) is 0 Å². The number of carbonyl (C=O) groups excluding carboxylic acids is 3.